The van der Waals surface area contributed by atoms with Crippen LogP contribution >= 0.6 is 0 Å². The van der Waals surface area contributed by atoms with Crippen LogP contribution in [0.3, 0.4) is 0 Å². The summed E-state index contributed by atoms with van der Waals surface area (Å²) in [6.07, 6.45) is 0.592. The van der Waals surface area contributed by atoms with Crippen molar-refractivity contribution in [2.75, 3.05) is 6.79 Å². The smallest absolute Gasteiger partial charge is 0.308 e. The molecule has 1 amide bonds. The Morgan fingerprint density at radius 3 is 2.07 bits per heavy atom. The quantitative estimate of drug-likeness (QED) is 0.309. The van der Waals surface area contributed by atoms with E-state index >= 15 is 0 Å². The monoisotopic (exact) mass is 219 g/mol. The molecule has 0 aliphatic carbocycles. The fourth-order valence-electron chi connectivity index (χ4n) is 0.353. The Morgan fingerprint density at radius 2 is 1.80 bits per heavy atom. The van der Waals surface area contributed by atoms with Crippen molar-refractivity contribution in [3.63, 3.8) is 0 Å². The third kappa shape index (κ3) is 18.8. The van der Waals surface area contributed by atoms with Gasteiger partial charge in [-0.15, -0.1) is 0 Å². The number of carboxylic acids is 1. The van der Waals surface area contributed by atoms with E-state index in [1.807, 2.05) is 0 Å². The van der Waals surface area contributed by atoms with Crippen molar-refractivity contribution in [3.8, 4) is 0 Å². The highest BCUT2D eigenvalue weighted by molar-refractivity contribution is 5.84. The molecule has 0 aromatic heterocycles. The number of amides is 1. The second kappa shape index (κ2) is 10.2. The number of hydrogen-bond acceptors (Lipinski definition) is 5. The molecule has 0 spiro atoms. The van der Waals surface area contributed by atoms with Crippen molar-refractivity contribution in [2.24, 2.45) is 5.73 Å². The first-order chi connectivity index (χ1) is 6.93. The Hall–Kier alpha value is -1.89. The number of carboxylic acid groups (broad SMARTS) is 1. The van der Waals surface area contributed by atoms with Gasteiger partial charge in [-0.05, 0) is 6.08 Å². The highest BCUT2D eigenvalue weighted by atomic mass is 16.6. The van der Waals surface area contributed by atoms with Crippen molar-refractivity contribution in [2.45, 2.75) is 12.8 Å². The van der Waals surface area contributed by atoms with Gasteiger partial charge in [0, 0.05) is 0 Å². The van der Waals surface area contributed by atoms with Crippen LogP contribution < -0.4 is 5.73 Å². The molecule has 0 saturated carbocycles. The van der Waals surface area contributed by atoms with Crippen molar-refractivity contribution in [1.29, 1.82) is 0 Å². The minimum Gasteiger partial charge on any atom is -0.481 e. The highest BCUT2D eigenvalue weighted by Crippen LogP contribution is 1.91. The predicted octanol–water partition coefficient (Wildman–Crippen LogP) is -0.998. The fourth-order valence-corrected chi connectivity index (χ4v) is 0.353. The summed E-state index contributed by atoms with van der Waals surface area (Å²) in [5, 5.41) is 16.1. The number of rotatable bonds is 5. The first-order valence-electron chi connectivity index (χ1n) is 3.84. The van der Waals surface area contributed by atoms with E-state index in [1.165, 1.54) is 0 Å². The lowest BCUT2D eigenvalue weighted by Gasteiger charge is -1.96. The van der Waals surface area contributed by atoms with Crippen molar-refractivity contribution < 1.29 is 29.3 Å². The van der Waals surface area contributed by atoms with Gasteiger partial charge in [-0.1, -0.05) is 6.58 Å². The van der Waals surface area contributed by atoms with Crippen LogP contribution in [0.4, 0.5) is 0 Å². The van der Waals surface area contributed by atoms with E-state index in [4.69, 9.17) is 10.2 Å². The van der Waals surface area contributed by atoms with Gasteiger partial charge in [-0.3, -0.25) is 14.4 Å². The average Bonchev–Trinajstić information content (AvgIpc) is 2.16. The summed E-state index contributed by atoms with van der Waals surface area (Å²) in [5.41, 5.74) is 4.53. The SMILES string of the molecule is C=CC(N)=O.O=C(O)CCC(=O)OCO. The molecule has 0 unspecified atom stereocenters. The van der Waals surface area contributed by atoms with E-state index in [-0.39, 0.29) is 12.8 Å². The molecule has 0 rings (SSSR count). The molecule has 0 heterocycles. The van der Waals surface area contributed by atoms with E-state index in [0.717, 1.165) is 6.08 Å². The average molecular weight is 219 g/mol. The molecule has 7 nitrogen and oxygen atoms in total. The van der Waals surface area contributed by atoms with Crippen LogP contribution in [-0.2, 0) is 19.1 Å². The van der Waals surface area contributed by atoms with E-state index in [2.05, 4.69) is 17.0 Å². The summed E-state index contributed by atoms with van der Waals surface area (Å²) in [4.78, 5) is 29.6. The second-order valence-corrected chi connectivity index (χ2v) is 2.15. The topological polar surface area (TPSA) is 127 Å². The summed E-state index contributed by atoms with van der Waals surface area (Å²) in [6.45, 7) is 2.39. The Bertz CT molecular complexity index is 237. The van der Waals surface area contributed by atoms with E-state index in [1.54, 1.807) is 0 Å². The lowest BCUT2D eigenvalue weighted by molar-refractivity contribution is -0.154. The Balaban J connectivity index is 0. The summed E-state index contributed by atoms with van der Waals surface area (Å²) in [7, 11) is 0. The lowest BCUT2D eigenvalue weighted by atomic mass is 10.3. The number of carbonyl (C=O) groups excluding carboxylic acids is 2. The zero-order valence-corrected chi connectivity index (χ0v) is 8.01. The molecule has 0 atom stereocenters. The number of ether oxygens (including phenoxy) is 1. The molecule has 15 heavy (non-hydrogen) atoms. The lowest BCUT2D eigenvalue weighted by Crippen LogP contribution is -2.07. The second-order valence-electron chi connectivity index (χ2n) is 2.15. The van der Waals surface area contributed by atoms with Gasteiger partial charge in [0.05, 0.1) is 12.8 Å². The highest BCUT2D eigenvalue weighted by Gasteiger charge is 2.04. The first-order valence-corrected chi connectivity index (χ1v) is 3.84. The number of aliphatic carboxylic acids is 1. The largest absolute Gasteiger partial charge is 0.481 e. The standard InChI is InChI=1S/C5H8O5.C3H5NO/c6-3-10-5(9)2-1-4(7)8;1-2-3(4)5/h6H,1-3H2,(H,7,8);2H,1H2,(H2,4,5). The Labute approximate surface area is 86.1 Å². The first kappa shape index (κ1) is 15.6. The van der Waals surface area contributed by atoms with Gasteiger partial charge in [-0.2, -0.15) is 0 Å². The molecular formula is C8H13NO6. The van der Waals surface area contributed by atoms with E-state index in [0.29, 0.717) is 0 Å². The Kier molecular flexibility index (Phi) is 10.6. The van der Waals surface area contributed by atoms with Gasteiger partial charge in [0.1, 0.15) is 0 Å². The maximum atomic E-state index is 10.3. The predicted molar refractivity (Wildman–Crippen MR) is 49.4 cm³/mol. The van der Waals surface area contributed by atoms with E-state index in [9.17, 15) is 14.4 Å². The van der Waals surface area contributed by atoms with Crippen LogP contribution in [-0.4, -0.2) is 34.9 Å². The third-order valence-corrected chi connectivity index (χ3v) is 0.970. The maximum absolute atomic E-state index is 10.3. The van der Waals surface area contributed by atoms with Gasteiger partial charge in [0.2, 0.25) is 5.91 Å². The number of hydrogen-bond donors (Lipinski definition) is 3. The summed E-state index contributed by atoms with van der Waals surface area (Å²) >= 11 is 0. The molecule has 4 N–H and O–H groups in total. The van der Waals surface area contributed by atoms with Gasteiger partial charge in [0.15, 0.2) is 6.79 Å². The van der Waals surface area contributed by atoms with Crippen LogP contribution in [0, 0.1) is 0 Å². The minimum absolute atomic E-state index is 0.199. The van der Waals surface area contributed by atoms with Gasteiger partial charge in [0.25, 0.3) is 0 Å². The molecule has 0 saturated heterocycles. The number of carbonyl (C=O) groups is 3. The van der Waals surface area contributed by atoms with Gasteiger partial charge >= 0.3 is 11.9 Å². The minimum atomic E-state index is -1.06. The van der Waals surface area contributed by atoms with Crippen LogP contribution in [0.25, 0.3) is 0 Å². The van der Waals surface area contributed by atoms with Crippen molar-refractivity contribution in [3.05, 3.63) is 12.7 Å². The summed E-state index contributed by atoms with van der Waals surface area (Å²) in [6, 6.07) is 0. The molecule has 0 aliphatic heterocycles. The zero-order chi connectivity index (χ0) is 12.3. The third-order valence-electron chi connectivity index (χ3n) is 0.970. The number of esters is 1. The van der Waals surface area contributed by atoms with Gasteiger partial charge in [-0.25, -0.2) is 0 Å². The number of aliphatic hydroxyl groups excluding tert-OH is 1. The Morgan fingerprint density at radius 1 is 1.33 bits per heavy atom. The molecular weight excluding hydrogens is 206 g/mol. The zero-order valence-electron chi connectivity index (χ0n) is 8.01. The number of aliphatic hydroxyl groups is 1. The van der Waals surface area contributed by atoms with Crippen LogP contribution in [0.5, 0.6) is 0 Å². The number of nitrogens with two attached hydrogens (primary N) is 1. The summed E-state index contributed by atoms with van der Waals surface area (Å²) < 4.78 is 4.05. The van der Waals surface area contributed by atoms with E-state index < -0.39 is 24.6 Å². The van der Waals surface area contributed by atoms with Crippen LogP contribution in [0.2, 0.25) is 0 Å². The van der Waals surface area contributed by atoms with Crippen LogP contribution in [0.1, 0.15) is 12.8 Å². The molecule has 0 radical (unpaired) electrons. The normalized spacial score (nSPS) is 8.07. The van der Waals surface area contributed by atoms with Crippen molar-refractivity contribution >= 4 is 17.8 Å². The summed E-state index contributed by atoms with van der Waals surface area (Å²) in [5.74, 6) is -2.25. The number of primary amides is 1. The maximum Gasteiger partial charge on any atom is 0.308 e. The molecule has 0 aromatic rings. The molecule has 86 valence electrons. The molecule has 0 aromatic carbocycles. The molecule has 0 fully saturated rings. The van der Waals surface area contributed by atoms with Crippen molar-refractivity contribution in [1.82, 2.24) is 0 Å². The molecule has 7 heteroatoms. The van der Waals surface area contributed by atoms with Crippen LogP contribution in [0.15, 0.2) is 12.7 Å². The molecule has 0 bridgehead atoms. The molecule has 0 aliphatic rings. The fraction of sp³-hybridized carbons (Fsp3) is 0.375. The van der Waals surface area contributed by atoms with Gasteiger partial charge < -0.3 is 20.7 Å².